The molecule has 0 atom stereocenters. The fourth-order valence-electron chi connectivity index (χ4n) is 1.76. The lowest BCUT2D eigenvalue weighted by molar-refractivity contribution is -0.121. The maximum absolute atomic E-state index is 11.9. The van der Waals surface area contributed by atoms with Crippen LogP contribution >= 0.6 is 23.2 Å². The molecular weight excluding hydrogens is 327 g/mol. The standard InChI is InChI=1S/C15H12Cl2N2O3/c16-10-4-5-12(13(17)8-10)15(22)19-18-14(21)7-9-2-1-3-11(20)6-9/h1-6,8,20H,7H2,(H,18,21)(H,19,22). The molecule has 22 heavy (non-hydrogen) atoms. The minimum atomic E-state index is -0.550. The monoisotopic (exact) mass is 338 g/mol. The van der Waals surface area contributed by atoms with Crippen LogP contribution in [0.5, 0.6) is 5.75 Å². The number of halogens is 2. The molecule has 0 heterocycles. The SMILES string of the molecule is O=C(Cc1cccc(O)c1)NNC(=O)c1ccc(Cl)cc1Cl. The van der Waals surface area contributed by atoms with E-state index < -0.39 is 11.8 Å². The van der Waals surface area contributed by atoms with Crippen molar-refractivity contribution in [2.24, 2.45) is 0 Å². The zero-order chi connectivity index (χ0) is 16.1. The van der Waals surface area contributed by atoms with E-state index >= 15 is 0 Å². The van der Waals surface area contributed by atoms with Gasteiger partial charge < -0.3 is 5.11 Å². The molecule has 2 amide bonds. The van der Waals surface area contributed by atoms with Gasteiger partial charge in [-0.2, -0.15) is 0 Å². The molecule has 2 aromatic rings. The second-order valence-electron chi connectivity index (χ2n) is 4.47. The van der Waals surface area contributed by atoms with Crippen LogP contribution in [-0.4, -0.2) is 16.9 Å². The van der Waals surface area contributed by atoms with Crippen molar-refractivity contribution in [2.45, 2.75) is 6.42 Å². The van der Waals surface area contributed by atoms with Crippen LogP contribution in [0, 0.1) is 0 Å². The summed E-state index contributed by atoms with van der Waals surface area (Å²) in [5.41, 5.74) is 5.36. The third-order valence-corrected chi connectivity index (χ3v) is 3.31. The molecule has 2 aromatic carbocycles. The van der Waals surface area contributed by atoms with Gasteiger partial charge in [-0.25, -0.2) is 0 Å². The van der Waals surface area contributed by atoms with Gasteiger partial charge in [0.05, 0.1) is 17.0 Å². The first-order chi connectivity index (χ1) is 10.5. The Labute approximate surface area is 136 Å². The molecule has 0 saturated carbocycles. The molecule has 0 aliphatic heterocycles. The second-order valence-corrected chi connectivity index (χ2v) is 5.32. The molecule has 0 radical (unpaired) electrons. The lowest BCUT2D eigenvalue weighted by atomic mass is 10.1. The van der Waals surface area contributed by atoms with Crippen LogP contribution in [0.4, 0.5) is 0 Å². The second kappa shape index (κ2) is 7.15. The first kappa shape index (κ1) is 16.1. The summed E-state index contributed by atoms with van der Waals surface area (Å²) in [5, 5.41) is 9.92. The Morgan fingerprint density at radius 3 is 2.50 bits per heavy atom. The molecule has 2 rings (SSSR count). The van der Waals surface area contributed by atoms with Gasteiger partial charge >= 0.3 is 0 Å². The van der Waals surface area contributed by atoms with Crippen molar-refractivity contribution in [1.82, 2.24) is 10.9 Å². The van der Waals surface area contributed by atoms with Crippen LogP contribution in [0.2, 0.25) is 10.0 Å². The summed E-state index contributed by atoms with van der Waals surface area (Å²) in [6.45, 7) is 0. The zero-order valence-electron chi connectivity index (χ0n) is 11.3. The number of carbonyl (C=O) groups excluding carboxylic acids is 2. The van der Waals surface area contributed by atoms with Gasteiger partial charge in [-0.05, 0) is 35.9 Å². The van der Waals surface area contributed by atoms with Crippen LogP contribution in [0.15, 0.2) is 42.5 Å². The topological polar surface area (TPSA) is 78.4 Å². The number of hydrogen-bond donors (Lipinski definition) is 3. The smallest absolute Gasteiger partial charge is 0.271 e. The molecule has 0 spiro atoms. The highest BCUT2D eigenvalue weighted by molar-refractivity contribution is 6.36. The van der Waals surface area contributed by atoms with E-state index in [0.717, 1.165) is 0 Å². The van der Waals surface area contributed by atoms with E-state index in [9.17, 15) is 14.7 Å². The van der Waals surface area contributed by atoms with E-state index in [0.29, 0.717) is 10.6 Å². The van der Waals surface area contributed by atoms with Gasteiger partial charge in [-0.1, -0.05) is 35.3 Å². The predicted octanol–water partition coefficient (Wildman–Crippen LogP) is 2.70. The van der Waals surface area contributed by atoms with Gasteiger partial charge in [-0.3, -0.25) is 20.4 Å². The van der Waals surface area contributed by atoms with E-state index in [-0.39, 0.29) is 22.8 Å². The largest absolute Gasteiger partial charge is 0.508 e. The summed E-state index contributed by atoms with van der Waals surface area (Å²) in [6.07, 6.45) is 0.0169. The Bertz CT molecular complexity index is 720. The van der Waals surface area contributed by atoms with Crippen molar-refractivity contribution >= 4 is 35.0 Å². The van der Waals surface area contributed by atoms with Crippen molar-refractivity contribution in [3.05, 3.63) is 63.6 Å². The molecular formula is C15H12Cl2N2O3. The highest BCUT2D eigenvalue weighted by Crippen LogP contribution is 2.20. The van der Waals surface area contributed by atoms with E-state index in [1.807, 2.05) is 0 Å². The number of rotatable bonds is 3. The highest BCUT2D eigenvalue weighted by atomic mass is 35.5. The predicted molar refractivity (Wildman–Crippen MR) is 83.9 cm³/mol. The number of phenols is 1. The van der Waals surface area contributed by atoms with E-state index in [1.54, 1.807) is 12.1 Å². The van der Waals surface area contributed by atoms with Crippen LogP contribution in [0.1, 0.15) is 15.9 Å². The molecule has 114 valence electrons. The molecule has 0 aliphatic rings. The van der Waals surface area contributed by atoms with Crippen molar-refractivity contribution < 1.29 is 14.7 Å². The third kappa shape index (κ3) is 4.38. The number of aromatic hydroxyl groups is 1. The van der Waals surface area contributed by atoms with Crippen molar-refractivity contribution in [2.75, 3.05) is 0 Å². The number of phenolic OH excluding ortho intramolecular Hbond substituents is 1. The summed E-state index contributed by atoms with van der Waals surface area (Å²) in [7, 11) is 0. The summed E-state index contributed by atoms with van der Waals surface area (Å²) >= 11 is 11.6. The average Bonchev–Trinajstić information content (AvgIpc) is 2.45. The molecule has 0 aliphatic carbocycles. The lowest BCUT2D eigenvalue weighted by Crippen LogP contribution is -2.42. The van der Waals surface area contributed by atoms with Gasteiger partial charge in [0.2, 0.25) is 5.91 Å². The van der Waals surface area contributed by atoms with Gasteiger partial charge in [0.1, 0.15) is 5.75 Å². The van der Waals surface area contributed by atoms with Crippen LogP contribution < -0.4 is 10.9 Å². The number of hydrazine groups is 1. The zero-order valence-corrected chi connectivity index (χ0v) is 12.8. The number of benzene rings is 2. The number of amides is 2. The fourth-order valence-corrected chi connectivity index (χ4v) is 2.26. The summed E-state index contributed by atoms with van der Waals surface area (Å²) < 4.78 is 0. The first-order valence-corrected chi connectivity index (χ1v) is 7.03. The first-order valence-electron chi connectivity index (χ1n) is 6.28. The quantitative estimate of drug-likeness (QED) is 0.753. The molecule has 0 saturated heterocycles. The molecule has 0 bridgehead atoms. The molecule has 7 heteroatoms. The molecule has 0 unspecified atom stereocenters. The van der Waals surface area contributed by atoms with Gasteiger partial charge in [0, 0.05) is 5.02 Å². The Balaban J connectivity index is 1.92. The lowest BCUT2D eigenvalue weighted by Gasteiger charge is -2.09. The van der Waals surface area contributed by atoms with Gasteiger partial charge in [-0.15, -0.1) is 0 Å². The maximum atomic E-state index is 11.9. The number of hydrogen-bond acceptors (Lipinski definition) is 3. The summed E-state index contributed by atoms with van der Waals surface area (Å²) in [4.78, 5) is 23.6. The van der Waals surface area contributed by atoms with Crippen molar-refractivity contribution in [1.29, 1.82) is 0 Å². The van der Waals surface area contributed by atoms with Crippen LogP contribution in [0.25, 0.3) is 0 Å². The Morgan fingerprint density at radius 1 is 1.05 bits per heavy atom. The molecule has 3 N–H and O–H groups in total. The summed E-state index contributed by atoms with van der Waals surface area (Å²) in [5.74, 6) is -0.905. The Hall–Kier alpha value is -2.24. The minimum Gasteiger partial charge on any atom is -0.508 e. The molecule has 5 nitrogen and oxygen atoms in total. The van der Waals surface area contributed by atoms with Crippen LogP contribution in [0.3, 0.4) is 0 Å². The fraction of sp³-hybridized carbons (Fsp3) is 0.0667. The Kier molecular flexibility index (Phi) is 5.25. The normalized spacial score (nSPS) is 10.1. The van der Waals surface area contributed by atoms with E-state index in [2.05, 4.69) is 10.9 Å². The number of carbonyl (C=O) groups is 2. The summed E-state index contributed by atoms with van der Waals surface area (Å²) in [6, 6.07) is 10.7. The van der Waals surface area contributed by atoms with E-state index in [4.69, 9.17) is 23.2 Å². The van der Waals surface area contributed by atoms with Crippen molar-refractivity contribution in [3.63, 3.8) is 0 Å². The maximum Gasteiger partial charge on any atom is 0.271 e. The third-order valence-electron chi connectivity index (χ3n) is 2.77. The van der Waals surface area contributed by atoms with Crippen molar-refractivity contribution in [3.8, 4) is 5.75 Å². The minimum absolute atomic E-state index is 0.0169. The molecule has 0 fully saturated rings. The Morgan fingerprint density at radius 2 is 1.82 bits per heavy atom. The average molecular weight is 339 g/mol. The van der Waals surface area contributed by atoms with Gasteiger partial charge in [0.25, 0.3) is 5.91 Å². The van der Waals surface area contributed by atoms with Crippen LogP contribution in [-0.2, 0) is 11.2 Å². The highest BCUT2D eigenvalue weighted by Gasteiger charge is 2.12. The van der Waals surface area contributed by atoms with E-state index in [1.165, 1.54) is 30.3 Å². The number of nitrogens with one attached hydrogen (secondary N) is 2. The molecule has 0 aromatic heterocycles. The van der Waals surface area contributed by atoms with Gasteiger partial charge in [0.15, 0.2) is 0 Å².